The topological polar surface area (TPSA) is 112 Å². The van der Waals surface area contributed by atoms with Crippen molar-refractivity contribution in [3.8, 4) is 5.75 Å². The molecule has 2 heterocycles. The number of aryl methyl sites for hydroxylation is 1. The van der Waals surface area contributed by atoms with Crippen LogP contribution in [0.4, 0.5) is 10.2 Å². The lowest BCUT2D eigenvalue weighted by Gasteiger charge is -2.22. The lowest BCUT2D eigenvalue weighted by Crippen LogP contribution is -2.26. The maximum Gasteiger partial charge on any atom is 0.323 e. The predicted octanol–water partition coefficient (Wildman–Crippen LogP) is 4.86. The number of benzene rings is 3. The third-order valence-electron chi connectivity index (χ3n) is 6.14. The van der Waals surface area contributed by atoms with Crippen LogP contribution in [0.1, 0.15) is 33.1 Å². The van der Waals surface area contributed by atoms with Crippen molar-refractivity contribution in [2.24, 2.45) is 0 Å². The van der Waals surface area contributed by atoms with E-state index < -0.39 is 0 Å². The van der Waals surface area contributed by atoms with Crippen LogP contribution < -0.4 is 21.1 Å². The average Bonchev–Trinajstić information content (AvgIpc) is 3.31. The number of nitrogens with one attached hydrogen (secondary N) is 4. The normalized spacial score (nSPS) is 11.7. The first-order valence-corrected chi connectivity index (χ1v) is 12.1. The molecule has 4 N–H and O–H groups in total. The van der Waals surface area contributed by atoms with Crippen molar-refractivity contribution in [1.82, 2.24) is 20.3 Å². The van der Waals surface area contributed by atoms with Crippen LogP contribution in [-0.2, 0) is 6.54 Å². The number of hydrogen-bond acceptors (Lipinski definition) is 5. The molecule has 0 spiro atoms. The number of aromatic amines is 2. The summed E-state index contributed by atoms with van der Waals surface area (Å²) in [7, 11) is 0. The number of pyridine rings is 1. The number of rotatable bonds is 9. The van der Waals surface area contributed by atoms with E-state index in [1.807, 2.05) is 30.3 Å². The first-order valence-electron chi connectivity index (χ1n) is 12.1. The van der Waals surface area contributed by atoms with Crippen LogP contribution in [0.5, 0.6) is 5.75 Å². The second-order valence-electron chi connectivity index (χ2n) is 8.87. The highest BCUT2D eigenvalue weighted by molar-refractivity contribution is 5.98. The van der Waals surface area contributed by atoms with E-state index in [0.717, 1.165) is 11.1 Å². The molecule has 0 aliphatic heterocycles. The summed E-state index contributed by atoms with van der Waals surface area (Å²) in [5.74, 6) is 0.402. The van der Waals surface area contributed by atoms with Gasteiger partial charge in [-0.25, -0.2) is 14.2 Å². The lowest BCUT2D eigenvalue weighted by atomic mass is 10.1. The van der Waals surface area contributed by atoms with E-state index in [2.05, 4.69) is 25.6 Å². The highest BCUT2D eigenvalue weighted by Crippen LogP contribution is 2.24. The van der Waals surface area contributed by atoms with E-state index >= 15 is 0 Å². The number of anilines is 1. The molecule has 192 valence electrons. The molecule has 1 atom stereocenters. The number of ether oxygens (including phenoxy) is 1. The summed E-state index contributed by atoms with van der Waals surface area (Å²) in [6.45, 7) is 2.17. The van der Waals surface area contributed by atoms with Crippen molar-refractivity contribution in [3.63, 3.8) is 0 Å². The smallest absolute Gasteiger partial charge is 0.323 e. The van der Waals surface area contributed by atoms with Crippen LogP contribution in [0.2, 0.25) is 0 Å². The Morgan fingerprint density at radius 1 is 1.00 bits per heavy atom. The van der Waals surface area contributed by atoms with Crippen molar-refractivity contribution < 1.29 is 13.9 Å². The Morgan fingerprint density at radius 3 is 2.63 bits per heavy atom. The highest BCUT2D eigenvalue weighted by Gasteiger charge is 2.18. The standard InChI is InChI=1S/C29H26FN5O3/c1-18-14-19(9-11-23(18)30)16-32-28(36)22-8-5-13-31-27(22)33-26(20-6-3-2-4-7-20)17-38-21-10-12-24-25(15-21)35-29(37)34-24/h2-15,26H,16-17H2,1H3,(H,31,33)(H,32,36)(H2,34,35,37)/t26-/m0/s1. The molecule has 2 aromatic heterocycles. The minimum atomic E-state index is -0.335. The van der Waals surface area contributed by atoms with Gasteiger partial charge in [0.15, 0.2) is 0 Å². The fraction of sp³-hybridized carbons (Fsp3) is 0.138. The monoisotopic (exact) mass is 511 g/mol. The van der Waals surface area contributed by atoms with Gasteiger partial charge in [0.2, 0.25) is 0 Å². The molecule has 0 bridgehead atoms. The molecule has 0 saturated carbocycles. The van der Waals surface area contributed by atoms with Gasteiger partial charge in [-0.15, -0.1) is 0 Å². The Bertz CT molecular complexity index is 1630. The fourth-order valence-corrected chi connectivity index (χ4v) is 4.15. The van der Waals surface area contributed by atoms with E-state index in [1.165, 1.54) is 6.07 Å². The molecule has 0 aliphatic carbocycles. The Kier molecular flexibility index (Phi) is 7.17. The molecule has 0 aliphatic rings. The van der Waals surface area contributed by atoms with E-state index in [1.54, 1.807) is 55.6 Å². The summed E-state index contributed by atoms with van der Waals surface area (Å²) in [5, 5.41) is 6.25. The molecule has 38 heavy (non-hydrogen) atoms. The second-order valence-corrected chi connectivity index (χ2v) is 8.87. The largest absolute Gasteiger partial charge is 0.491 e. The quantitative estimate of drug-likeness (QED) is 0.226. The number of imidazole rings is 1. The molecule has 0 fully saturated rings. The molecule has 5 aromatic rings. The molecule has 9 heteroatoms. The van der Waals surface area contributed by atoms with E-state index in [4.69, 9.17) is 4.74 Å². The number of amides is 1. The van der Waals surface area contributed by atoms with Crippen molar-refractivity contribution in [2.45, 2.75) is 19.5 Å². The first-order chi connectivity index (χ1) is 18.5. The second kappa shape index (κ2) is 11.0. The molecule has 8 nitrogen and oxygen atoms in total. The van der Waals surface area contributed by atoms with Crippen LogP contribution in [0.25, 0.3) is 11.0 Å². The zero-order valence-electron chi connectivity index (χ0n) is 20.6. The fourth-order valence-electron chi connectivity index (χ4n) is 4.15. The maximum atomic E-state index is 13.6. The number of aromatic nitrogens is 3. The Hall–Kier alpha value is -4.92. The van der Waals surface area contributed by atoms with Crippen LogP contribution in [0.3, 0.4) is 0 Å². The van der Waals surface area contributed by atoms with Gasteiger partial charge < -0.3 is 25.3 Å². The van der Waals surface area contributed by atoms with E-state index in [9.17, 15) is 14.0 Å². The van der Waals surface area contributed by atoms with Crippen LogP contribution >= 0.6 is 0 Å². The molecule has 0 unspecified atom stereocenters. The molecule has 5 rings (SSSR count). The van der Waals surface area contributed by atoms with Crippen molar-refractivity contribution >= 4 is 22.8 Å². The summed E-state index contributed by atoms with van der Waals surface area (Å²) < 4.78 is 19.7. The predicted molar refractivity (Wildman–Crippen MR) is 144 cm³/mol. The number of H-pyrrole nitrogens is 2. The third kappa shape index (κ3) is 5.73. The number of nitrogens with zero attached hydrogens (tertiary/aromatic N) is 1. The maximum absolute atomic E-state index is 13.6. The number of fused-ring (bicyclic) bond motifs is 1. The van der Waals surface area contributed by atoms with Gasteiger partial charge in [0.25, 0.3) is 5.91 Å². The Balaban J connectivity index is 1.33. The van der Waals surface area contributed by atoms with E-state index in [0.29, 0.717) is 33.7 Å². The van der Waals surface area contributed by atoms with Gasteiger partial charge in [0.1, 0.15) is 24.0 Å². The first kappa shape index (κ1) is 24.8. The average molecular weight is 512 g/mol. The van der Waals surface area contributed by atoms with Gasteiger partial charge in [0, 0.05) is 18.8 Å². The zero-order chi connectivity index (χ0) is 26.5. The highest BCUT2D eigenvalue weighted by atomic mass is 19.1. The van der Waals surface area contributed by atoms with Crippen LogP contribution in [0, 0.1) is 12.7 Å². The number of hydrogen-bond donors (Lipinski definition) is 4. The molecular formula is C29H26FN5O3. The molecular weight excluding hydrogens is 485 g/mol. The Labute approximate surface area is 217 Å². The van der Waals surface area contributed by atoms with Crippen LogP contribution in [0.15, 0.2) is 89.9 Å². The summed E-state index contributed by atoms with van der Waals surface area (Å²) in [6.07, 6.45) is 1.61. The van der Waals surface area contributed by atoms with E-state index in [-0.39, 0.29) is 36.6 Å². The summed E-state index contributed by atoms with van der Waals surface area (Å²) in [4.78, 5) is 34.5. The zero-order valence-corrected chi connectivity index (χ0v) is 20.6. The molecule has 0 radical (unpaired) electrons. The summed E-state index contributed by atoms with van der Waals surface area (Å²) in [5.41, 5.74) is 3.70. The van der Waals surface area contributed by atoms with Gasteiger partial charge in [-0.2, -0.15) is 0 Å². The lowest BCUT2D eigenvalue weighted by molar-refractivity contribution is 0.0951. The molecule has 1 amide bonds. The number of halogens is 1. The molecule has 0 saturated heterocycles. The minimum absolute atomic E-state index is 0.233. The third-order valence-corrected chi connectivity index (χ3v) is 6.14. The SMILES string of the molecule is Cc1cc(CNC(=O)c2cccnc2N[C@@H](COc2ccc3[nH]c(=O)[nH]c3c2)c2ccccc2)ccc1F. The van der Waals surface area contributed by atoms with Gasteiger partial charge in [0.05, 0.1) is 22.6 Å². The summed E-state index contributed by atoms with van der Waals surface area (Å²) in [6, 6.07) is 22.8. The van der Waals surface area contributed by atoms with Gasteiger partial charge >= 0.3 is 5.69 Å². The molecule has 3 aromatic carbocycles. The van der Waals surface area contributed by atoms with Gasteiger partial charge in [-0.05, 0) is 53.9 Å². The van der Waals surface area contributed by atoms with Gasteiger partial charge in [-0.1, -0.05) is 42.5 Å². The number of carbonyl (C=O) groups excluding carboxylic acids is 1. The van der Waals surface area contributed by atoms with Gasteiger partial charge in [-0.3, -0.25) is 4.79 Å². The van der Waals surface area contributed by atoms with Crippen molar-refractivity contribution in [2.75, 3.05) is 11.9 Å². The van der Waals surface area contributed by atoms with Crippen LogP contribution in [-0.4, -0.2) is 27.5 Å². The van der Waals surface area contributed by atoms with Crippen molar-refractivity contribution in [3.05, 3.63) is 124 Å². The number of carbonyl (C=O) groups is 1. The Morgan fingerprint density at radius 2 is 1.82 bits per heavy atom. The van der Waals surface area contributed by atoms with Crippen molar-refractivity contribution in [1.29, 1.82) is 0 Å². The summed E-state index contributed by atoms with van der Waals surface area (Å²) >= 11 is 0. The minimum Gasteiger partial charge on any atom is -0.491 e.